The van der Waals surface area contributed by atoms with Crippen LogP contribution in [0.4, 0.5) is 0 Å². The van der Waals surface area contributed by atoms with Crippen molar-refractivity contribution in [3.63, 3.8) is 0 Å². The summed E-state index contributed by atoms with van der Waals surface area (Å²) in [4.78, 5) is 11.0. The Morgan fingerprint density at radius 1 is 0.900 bits per heavy atom. The molecule has 0 saturated carbocycles. The molecule has 0 heterocycles. The maximum atomic E-state index is 11.0. The number of ether oxygens (including phenoxy) is 4. The van der Waals surface area contributed by atoms with Crippen molar-refractivity contribution in [2.75, 3.05) is 59.3 Å². The van der Waals surface area contributed by atoms with E-state index in [1.165, 1.54) is 0 Å². The van der Waals surface area contributed by atoms with Gasteiger partial charge in [0.15, 0.2) is 0 Å². The van der Waals surface area contributed by atoms with E-state index in [0.717, 1.165) is 19.4 Å². The third-order valence-electron chi connectivity index (χ3n) is 2.38. The second kappa shape index (κ2) is 16.4. The second-order valence-electron chi connectivity index (χ2n) is 4.17. The Labute approximate surface area is 122 Å². The van der Waals surface area contributed by atoms with Gasteiger partial charge in [0, 0.05) is 13.2 Å². The number of carbonyl (C=O) groups is 1. The molecule has 0 saturated heterocycles. The summed E-state index contributed by atoms with van der Waals surface area (Å²) in [6, 6.07) is 0. The predicted molar refractivity (Wildman–Crippen MR) is 76.9 cm³/mol. The predicted octanol–water partition coefficient (Wildman–Crippen LogP) is 0.989. The van der Waals surface area contributed by atoms with Gasteiger partial charge in [-0.3, -0.25) is 4.79 Å². The molecule has 0 fully saturated rings. The van der Waals surface area contributed by atoms with Crippen LogP contribution in [0.1, 0.15) is 26.7 Å². The Hall–Kier alpha value is -0.690. The first kappa shape index (κ1) is 19.3. The van der Waals surface area contributed by atoms with E-state index in [0.29, 0.717) is 46.2 Å². The number of esters is 1. The van der Waals surface area contributed by atoms with Crippen LogP contribution in [-0.4, -0.2) is 65.3 Å². The molecule has 0 atom stereocenters. The van der Waals surface area contributed by atoms with Crippen LogP contribution in [0.15, 0.2) is 0 Å². The van der Waals surface area contributed by atoms with Crippen LogP contribution in [-0.2, 0) is 23.7 Å². The summed E-state index contributed by atoms with van der Waals surface area (Å²) in [5.74, 6) is -0.237. The largest absolute Gasteiger partial charge is 0.465 e. The fourth-order valence-electron chi connectivity index (χ4n) is 1.34. The molecule has 0 aromatic rings. The summed E-state index contributed by atoms with van der Waals surface area (Å²) in [5.41, 5.74) is 0. The molecule has 6 heteroatoms. The average Bonchev–Trinajstić information content (AvgIpc) is 2.44. The highest BCUT2D eigenvalue weighted by Gasteiger charge is 1.99. The third-order valence-corrected chi connectivity index (χ3v) is 2.38. The van der Waals surface area contributed by atoms with Crippen LogP contribution < -0.4 is 5.32 Å². The van der Waals surface area contributed by atoms with E-state index >= 15 is 0 Å². The lowest BCUT2D eigenvalue weighted by molar-refractivity contribution is -0.142. The highest BCUT2D eigenvalue weighted by atomic mass is 16.5. The van der Waals surface area contributed by atoms with Crippen LogP contribution in [0, 0.1) is 0 Å². The Kier molecular flexibility index (Phi) is 15.8. The van der Waals surface area contributed by atoms with Gasteiger partial charge in [0.1, 0.15) is 0 Å². The molecule has 0 rings (SSSR count). The minimum Gasteiger partial charge on any atom is -0.465 e. The molecule has 0 aliphatic rings. The molecule has 0 aromatic carbocycles. The molecule has 0 bridgehead atoms. The average molecular weight is 291 g/mol. The molecule has 20 heavy (non-hydrogen) atoms. The molecule has 1 N–H and O–H groups in total. The second-order valence-corrected chi connectivity index (χ2v) is 4.17. The molecule has 0 amide bonds. The summed E-state index contributed by atoms with van der Waals surface area (Å²) in [6.07, 6.45) is 2.25. The van der Waals surface area contributed by atoms with E-state index in [1.807, 2.05) is 0 Å². The number of unbranched alkanes of at least 4 members (excludes halogenated alkanes) is 1. The van der Waals surface area contributed by atoms with Crippen LogP contribution >= 0.6 is 0 Å². The van der Waals surface area contributed by atoms with Gasteiger partial charge in [-0.05, 0) is 13.3 Å². The van der Waals surface area contributed by atoms with Crippen LogP contribution in [0.3, 0.4) is 0 Å². The lowest BCUT2D eigenvalue weighted by Crippen LogP contribution is -2.28. The van der Waals surface area contributed by atoms with Crippen molar-refractivity contribution < 1.29 is 23.7 Å². The molecule has 0 aromatic heterocycles. The molecular weight excluding hydrogens is 262 g/mol. The molecule has 0 aliphatic heterocycles. The van der Waals surface area contributed by atoms with Gasteiger partial charge in [0.05, 0.1) is 46.2 Å². The van der Waals surface area contributed by atoms with Crippen LogP contribution in [0.2, 0.25) is 0 Å². The minimum absolute atomic E-state index is 0.225. The van der Waals surface area contributed by atoms with E-state index in [2.05, 4.69) is 12.2 Å². The van der Waals surface area contributed by atoms with Crippen molar-refractivity contribution in [1.82, 2.24) is 5.32 Å². The molecule has 0 radical (unpaired) electrons. The number of nitrogens with one attached hydrogen (secondary N) is 1. The first-order chi connectivity index (χ1) is 9.81. The smallest absolute Gasteiger partial charge is 0.319 e. The maximum absolute atomic E-state index is 11.0. The van der Waals surface area contributed by atoms with E-state index < -0.39 is 0 Å². The quantitative estimate of drug-likeness (QED) is 0.358. The van der Waals surface area contributed by atoms with Gasteiger partial charge in [0.25, 0.3) is 0 Å². The summed E-state index contributed by atoms with van der Waals surface area (Å²) < 4.78 is 20.8. The number of hydrogen-bond donors (Lipinski definition) is 1. The lowest BCUT2D eigenvalue weighted by Gasteiger charge is -2.07. The molecule has 0 aliphatic carbocycles. The van der Waals surface area contributed by atoms with Crippen LogP contribution in [0.5, 0.6) is 0 Å². The van der Waals surface area contributed by atoms with Crippen molar-refractivity contribution in [2.45, 2.75) is 26.7 Å². The fourth-order valence-corrected chi connectivity index (χ4v) is 1.34. The third kappa shape index (κ3) is 15.4. The van der Waals surface area contributed by atoms with E-state index in [-0.39, 0.29) is 12.5 Å². The van der Waals surface area contributed by atoms with E-state index in [1.54, 1.807) is 6.92 Å². The summed E-state index contributed by atoms with van der Waals surface area (Å²) in [6.45, 7) is 8.91. The highest BCUT2D eigenvalue weighted by Crippen LogP contribution is 1.88. The van der Waals surface area contributed by atoms with E-state index in [9.17, 15) is 4.79 Å². The monoisotopic (exact) mass is 291 g/mol. The lowest BCUT2D eigenvalue weighted by atomic mass is 10.4. The Morgan fingerprint density at radius 3 is 2.10 bits per heavy atom. The molecule has 0 unspecified atom stereocenters. The zero-order valence-electron chi connectivity index (χ0n) is 12.8. The highest BCUT2D eigenvalue weighted by molar-refractivity contribution is 5.71. The van der Waals surface area contributed by atoms with Crippen LogP contribution in [0.25, 0.3) is 0 Å². The van der Waals surface area contributed by atoms with Gasteiger partial charge >= 0.3 is 5.97 Å². The molecule has 6 nitrogen and oxygen atoms in total. The summed E-state index contributed by atoms with van der Waals surface area (Å²) >= 11 is 0. The molecule has 120 valence electrons. The van der Waals surface area contributed by atoms with Gasteiger partial charge in [-0.15, -0.1) is 0 Å². The number of rotatable bonds is 15. The van der Waals surface area contributed by atoms with Crippen molar-refractivity contribution in [1.29, 1.82) is 0 Å². The van der Waals surface area contributed by atoms with Crippen molar-refractivity contribution in [3.8, 4) is 0 Å². The van der Waals surface area contributed by atoms with Gasteiger partial charge < -0.3 is 24.3 Å². The van der Waals surface area contributed by atoms with Crippen molar-refractivity contribution in [2.24, 2.45) is 0 Å². The zero-order valence-corrected chi connectivity index (χ0v) is 12.8. The summed E-state index contributed by atoms with van der Waals surface area (Å²) in [7, 11) is 0. The SMILES string of the molecule is CCCCOCCOCCOCCNCC(=O)OCC. The first-order valence-electron chi connectivity index (χ1n) is 7.40. The van der Waals surface area contributed by atoms with Gasteiger partial charge in [-0.25, -0.2) is 0 Å². The number of carbonyl (C=O) groups excluding carboxylic acids is 1. The molecule has 0 spiro atoms. The maximum Gasteiger partial charge on any atom is 0.319 e. The Bertz CT molecular complexity index is 214. The normalized spacial score (nSPS) is 10.7. The Balaban J connectivity index is 3.01. The van der Waals surface area contributed by atoms with Gasteiger partial charge in [-0.1, -0.05) is 13.3 Å². The van der Waals surface area contributed by atoms with Gasteiger partial charge in [-0.2, -0.15) is 0 Å². The number of hydrogen-bond acceptors (Lipinski definition) is 6. The Morgan fingerprint density at radius 2 is 1.50 bits per heavy atom. The topological polar surface area (TPSA) is 66.0 Å². The summed E-state index contributed by atoms with van der Waals surface area (Å²) in [5, 5.41) is 2.94. The van der Waals surface area contributed by atoms with Crippen molar-refractivity contribution >= 4 is 5.97 Å². The van der Waals surface area contributed by atoms with Crippen molar-refractivity contribution in [3.05, 3.63) is 0 Å². The fraction of sp³-hybridized carbons (Fsp3) is 0.929. The van der Waals surface area contributed by atoms with Gasteiger partial charge in [0.2, 0.25) is 0 Å². The minimum atomic E-state index is -0.237. The standard InChI is InChI=1S/C14H29NO5/c1-3-5-7-17-9-11-19-12-10-18-8-6-15-13-14(16)20-4-2/h15H,3-13H2,1-2H3. The first-order valence-corrected chi connectivity index (χ1v) is 7.40. The van der Waals surface area contributed by atoms with E-state index in [4.69, 9.17) is 18.9 Å². The molecular formula is C14H29NO5. The zero-order chi connectivity index (χ0) is 14.9.